The molecule has 1 aliphatic heterocycles. The molecular formula is C8H8ClFN2O2S2. The predicted octanol–water partition coefficient (Wildman–Crippen LogP) is 2.30. The number of hydrogen-bond acceptors (Lipinski definition) is 4. The summed E-state index contributed by atoms with van der Waals surface area (Å²) in [5.74, 6) is 0. The lowest BCUT2D eigenvalue weighted by molar-refractivity contribution is 0.477. The van der Waals surface area contributed by atoms with Crippen LogP contribution in [-0.4, -0.2) is 28.0 Å². The van der Waals surface area contributed by atoms with Crippen molar-refractivity contribution in [2.45, 2.75) is 10.6 Å². The minimum Gasteiger partial charge on any atom is -0.330 e. The fourth-order valence-electron chi connectivity index (χ4n) is 1.36. The monoisotopic (exact) mass is 282 g/mol. The summed E-state index contributed by atoms with van der Waals surface area (Å²) >= 11 is 6.74. The maximum atomic E-state index is 12.1. The second kappa shape index (κ2) is 4.31. The van der Waals surface area contributed by atoms with Crippen molar-refractivity contribution in [1.29, 1.82) is 0 Å². The number of anilines is 1. The van der Waals surface area contributed by atoms with E-state index in [0.717, 1.165) is 11.3 Å². The van der Waals surface area contributed by atoms with Gasteiger partial charge in [-0.25, -0.2) is 0 Å². The average molecular weight is 283 g/mol. The normalized spacial score (nSPS) is 17.5. The van der Waals surface area contributed by atoms with Crippen LogP contribution >= 0.6 is 22.9 Å². The first kappa shape index (κ1) is 11.8. The molecule has 8 heteroatoms. The van der Waals surface area contributed by atoms with E-state index in [-0.39, 0.29) is 4.21 Å². The van der Waals surface area contributed by atoms with Gasteiger partial charge in [-0.1, -0.05) is 11.6 Å². The quantitative estimate of drug-likeness (QED) is 0.855. The average Bonchev–Trinajstić information content (AvgIpc) is 2.60. The second-order valence-electron chi connectivity index (χ2n) is 3.16. The number of hydrogen-bond donors (Lipinski definition) is 0. The molecule has 1 aliphatic rings. The Bertz CT molecular complexity index is 526. The van der Waals surface area contributed by atoms with E-state index >= 15 is 0 Å². The van der Waals surface area contributed by atoms with Crippen LogP contribution in [-0.2, 0) is 10.0 Å². The number of thiophene rings is 1. The summed E-state index contributed by atoms with van der Waals surface area (Å²) in [6.45, 7) is -0.0696. The molecule has 0 N–H and O–H groups in total. The Labute approximate surface area is 101 Å². The molecule has 2 rings (SSSR count). The summed E-state index contributed by atoms with van der Waals surface area (Å²) in [5, 5.41) is 0. The van der Waals surface area contributed by atoms with Crippen LogP contribution in [0.1, 0.15) is 6.42 Å². The molecule has 4 nitrogen and oxygen atoms in total. The zero-order valence-electron chi connectivity index (χ0n) is 8.06. The fraction of sp³-hybridized carbons (Fsp3) is 0.375. The zero-order chi connectivity index (χ0) is 11.8. The Morgan fingerprint density at radius 1 is 1.56 bits per heavy atom. The molecule has 1 aromatic rings. The Morgan fingerprint density at radius 2 is 2.31 bits per heavy atom. The largest absolute Gasteiger partial charge is 0.330 e. The first-order chi connectivity index (χ1) is 7.54. The minimum absolute atomic E-state index is 0.124. The van der Waals surface area contributed by atoms with Gasteiger partial charge in [0, 0.05) is 6.54 Å². The highest BCUT2D eigenvalue weighted by molar-refractivity contribution is 7.92. The Hall–Kier alpha value is -0.660. The molecule has 0 bridgehead atoms. The van der Waals surface area contributed by atoms with E-state index in [1.165, 1.54) is 6.34 Å². The van der Waals surface area contributed by atoms with Gasteiger partial charge in [-0.15, -0.1) is 15.7 Å². The molecule has 0 saturated heterocycles. The first-order valence-corrected chi connectivity index (χ1v) is 7.10. The third kappa shape index (κ3) is 2.07. The molecule has 1 aromatic heterocycles. The summed E-state index contributed by atoms with van der Waals surface area (Å²) in [7, 11) is -3.61. The van der Waals surface area contributed by atoms with Crippen LogP contribution in [0.15, 0.2) is 14.7 Å². The lowest BCUT2D eigenvalue weighted by Crippen LogP contribution is -2.27. The van der Waals surface area contributed by atoms with Gasteiger partial charge in [-0.2, -0.15) is 8.42 Å². The standard InChI is InChI=1S/C8H8ClFN2O2S2/c9-7-4-6-8(15-7)16(13,14)11-5-12(6)3-1-2-10/h4-5H,1-3H2. The van der Waals surface area contributed by atoms with Gasteiger partial charge in [-0.05, 0) is 12.5 Å². The van der Waals surface area contributed by atoms with Crippen molar-refractivity contribution in [1.82, 2.24) is 0 Å². The number of nitrogens with zero attached hydrogens (tertiary/aromatic N) is 2. The topological polar surface area (TPSA) is 49.7 Å². The Kier molecular flexibility index (Phi) is 3.18. The van der Waals surface area contributed by atoms with Crippen LogP contribution in [0.3, 0.4) is 0 Å². The predicted molar refractivity (Wildman–Crippen MR) is 62.9 cm³/mol. The molecule has 0 radical (unpaired) electrons. The molecule has 0 unspecified atom stereocenters. The third-order valence-electron chi connectivity index (χ3n) is 2.05. The minimum atomic E-state index is -3.61. The molecule has 0 fully saturated rings. The van der Waals surface area contributed by atoms with Crippen LogP contribution in [0.25, 0.3) is 0 Å². The summed E-state index contributed by atoms with van der Waals surface area (Å²) in [6, 6.07) is 1.56. The SMILES string of the molecule is O=S1(=O)N=CN(CCCF)c2cc(Cl)sc21. The van der Waals surface area contributed by atoms with Crippen LogP contribution in [0.2, 0.25) is 4.34 Å². The van der Waals surface area contributed by atoms with E-state index in [2.05, 4.69) is 4.40 Å². The highest BCUT2D eigenvalue weighted by Crippen LogP contribution is 2.39. The highest BCUT2D eigenvalue weighted by Gasteiger charge is 2.28. The van der Waals surface area contributed by atoms with Crippen LogP contribution in [0, 0.1) is 0 Å². The van der Waals surface area contributed by atoms with Crippen LogP contribution in [0.5, 0.6) is 0 Å². The molecule has 0 atom stereocenters. The maximum absolute atomic E-state index is 12.1. The van der Waals surface area contributed by atoms with Crippen molar-refractivity contribution in [3.8, 4) is 0 Å². The summed E-state index contributed by atoms with van der Waals surface area (Å²) in [6.07, 6.45) is 1.52. The molecule has 0 spiro atoms. The van der Waals surface area contributed by atoms with Gasteiger partial charge < -0.3 is 4.90 Å². The van der Waals surface area contributed by atoms with Gasteiger partial charge in [0.1, 0.15) is 6.34 Å². The van der Waals surface area contributed by atoms with Gasteiger partial charge in [0.05, 0.1) is 16.7 Å². The van der Waals surface area contributed by atoms with Gasteiger partial charge in [0.2, 0.25) is 0 Å². The summed E-state index contributed by atoms with van der Waals surface area (Å²) < 4.78 is 39.1. The fourth-order valence-corrected chi connectivity index (χ4v) is 4.05. The van der Waals surface area contributed by atoms with Crippen LogP contribution < -0.4 is 4.90 Å². The van der Waals surface area contributed by atoms with Crippen molar-refractivity contribution in [3.63, 3.8) is 0 Å². The van der Waals surface area contributed by atoms with Crippen molar-refractivity contribution in [2.75, 3.05) is 18.1 Å². The van der Waals surface area contributed by atoms with E-state index in [0.29, 0.717) is 23.0 Å². The molecule has 2 heterocycles. The Morgan fingerprint density at radius 3 is 3.00 bits per heavy atom. The van der Waals surface area contributed by atoms with Crippen molar-refractivity contribution >= 4 is 45.0 Å². The van der Waals surface area contributed by atoms with Crippen molar-refractivity contribution < 1.29 is 12.8 Å². The highest BCUT2D eigenvalue weighted by atomic mass is 35.5. The lowest BCUT2D eigenvalue weighted by Gasteiger charge is -2.21. The van der Waals surface area contributed by atoms with E-state index in [1.807, 2.05) is 0 Å². The van der Waals surface area contributed by atoms with E-state index in [1.54, 1.807) is 11.0 Å². The van der Waals surface area contributed by atoms with Crippen molar-refractivity contribution in [3.05, 3.63) is 10.4 Å². The smallest absolute Gasteiger partial charge is 0.295 e. The second-order valence-corrected chi connectivity index (χ2v) is 6.67. The van der Waals surface area contributed by atoms with Gasteiger partial charge in [0.25, 0.3) is 10.0 Å². The molecule has 16 heavy (non-hydrogen) atoms. The van der Waals surface area contributed by atoms with Gasteiger partial charge in [-0.3, -0.25) is 4.39 Å². The van der Waals surface area contributed by atoms with E-state index in [4.69, 9.17) is 11.6 Å². The summed E-state index contributed by atoms with van der Waals surface area (Å²) in [5.41, 5.74) is 0.485. The first-order valence-electron chi connectivity index (χ1n) is 4.47. The van der Waals surface area contributed by atoms with Crippen molar-refractivity contribution in [2.24, 2.45) is 4.40 Å². The molecule has 0 aliphatic carbocycles. The maximum Gasteiger partial charge on any atom is 0.295 e. The number of fused-ring (bicyclic) bond motifs is 1. The van der Waals surface area contributed by atoms with Crippen LogP contribution in [0.4, 0.5) is 10.1 Å². The summed E-state index contributed by atoms with van der Waals surface area (Å²) in [4.78, 5) is 1.60. The number of rotatable bonds is 3. The Balaban J connectivity index is 2.40. The van der Waals surface area contributed by atoms with E-state index < -0.39 is 16.7 Å². The third-order valence-corrected chi connectivity index (χ3v) is 5.03. The zero-order valence-corrected chi connectivity index (χ0v) is 10.4. The van der Waals surface area contributed by atoms with Gasteiger partial charge in [0.15, 0.2) is 4.21 Å². The molecule has 88 valence electrons. The lowest BCUT2D eigenvalue weighted by atomic mass is 10.4. The number of alkyl halides is 1. The molecule has 0 aromatic carbocycles. The number of halogens is 2. The molecule has 0 saturated carbocycles. The molecular weight excluding hydrogens is 275 g/mol. The number of sulfonamides is 1. The molecule has 0 amide bonds. The van der Waals surface area contributed by atoms with E-state index in [9.17, 15) is 12.8 Å². The van der Waals surface area contributed by atoms with Gasteiger partial charge >= 0.3 is 0 Å².